The van der Waals surface area contributed by atoms with E-state index in [1.54, 1.807) is 12.4 Å². The molecule has 2 rings (SSSR count). The summed E-state index contributed by atoms with van der Waals surface area (Å²) in [6.07, 6.45) is 3.41. The highest BCUT2D eigenvalue weighted by Crippen LogP contribution is 2.25. The number of anilines is 1. The van der Waals surface area contributed by atoms with Gasteiger partial charge in [0.05, 0.1) is 6.61 Å². The molecule has 0 aliphatic heterocycles. The van der Waals surface area contributed by atoms with Crippen LogP contribution in [0.5, 0.6) is 6.01 Å². The normalized spacial score (nSPS) is 10.1. The number of ether oxygens (including phenoxy) is 1. The van der Waals surface area contributed by atoms with Crippen molar-refractivity contribution < 1.29 is 4.74 Å². The molecule has 0 spiro atoms. The summed E-state index contributed by atoms with van der Waals surface area (Å²) in [5.74, 6) is 5.57. The first-order chi connectivity index (χ1) is 8.81. The van der Waals surface area contributed by atoms with Gasteiger partial charge in [-0.25, -0.2) is 5.84 Å². The lowest BCUT2D eigenvalue weighted by Gasteiger charge is -2.06. The Labute approximate surface area is 108 Å². The van der Waals surface area contributed by atoms with Gasteiger partial charge in [-0.05, 0) is 30.8 Å². The third kappa shape index (κ3) is 3.28. The predicted molar refractivity (Wildman–Crippen MR) is 67.2 cm³/mol. The maximum atomic E-state index is 5.30. The molecule has 2 aromatic rings. The van der Waals surface area contributed by atoms with Crippen LogP contribution in [0.1, 0.15) is 6.92 Å². The van der Waals surface area contributed by atoms with Crippen molar-refractivity contribution >= 4 is 17.7 Å². The van der Waals surface area contributed by atoms with E-state index in [9.17, 15) is 0 Å². The summed E-state index contributed by atoms with van der Waals surface area (Å²) in [4.78, 5) is 17.2. The predicted octanol–water partition coefficient (Wildman–Crippen LogP) is 1.10. The third-order valence-electron chi connectivity index (χ3n) is 1.86. The van der Waals surface area contributed by atoms with Crippen LogP contribution in [0.15, 0.2) is 34.6 Å². The highest BCUT2D eigenvalue weighted by atomic mass is 32.2. The molecule has 2 aromatic heterocycles. The zero-order chi connectivity index (χ0) is 12.8. The van der Waals surface area contributed by atoms with Crippen LogP contribution < -0.4 is 16.0 Å². The van der Waals surface area contributed by atoms with Crippen molar-refractivity contribution in [2.45, 2.75) is 17.0 Å². The van der Waals surface area contributed by atoms with Gasteiger partial charge in [-0.1, -0.05) is 0 Å². The molecule has 8 heteroatoms. The summed E-state index contributed by atoms with van der Waals surface area (Å²) >= 11 is 1.38. The monoisotopic (exact) mass is 264 g/mol. The summed E-state index contributed by atoms with van der Waals surface area (Å²) in [5, 5.41) is 0.507. The fourth-order valence-corrected chi connectivity index (χ4v) is 1.88. The molecule has 0 amide bonds. The fraction of sp³-hybridized carbons (Fsp3) is 0.200. The number of nitrogens with two attached hydrogens (primary N) is 1. The van der Waals surface area contributed by atoms with Gasteiger partial charge in [0, 0.05) is 17.3 Å². The van der Waals surface area contributed by atoms with Gasteiger partial charge >= 0.3 is 6.01 Å². The molecule has 0 aliphatic carbocycles. The van der Waals surface area contributed by atoms with Crippen molar-refractivity contribution in [2.24, 2.45) is 5.84 Å². The third-order valence-corrected chi connectivity index (χ3v) is 2.73. The van der Waals surface area contributed by atoms with E-state index < -0.39 is 0 Å². The van der Waals surface area contributed by atoms with E-state index in [4.69, 9.17) is 10.6 Å². The van der Waals surface area contributed by atoms with Crippen molar-refractivity contribution in [1.29, 1.82) is 0 Å². The lowest BCUT2D eigenvalue weighted by atomic mass is 10.5. The summed E-state index contributed by atoms with van der Waals surface area (Å²) in [5.41, 5.74) is 2.38. The van der Waals surface area contributed by atoms with E-state index in [1.165, 1.54) is 11.8 Å². The average molecular weight is 264 g/mol. The average Bonchev–Trinajstić information content (AvgIpc) is 2.40. The Kier molecular flexibility index (Phi) is 4.26. The molecule has 0 radical (unpaired) electrons. The molecule has 0 bridgehead atoms. The van der Waals surface area contributed by atoms with Crippen LogP contribution in [-0.2, 0) is 0 Å². The molecule has 0 aliphatic rings. The van der Waals surface area contributed by atoms with Crippen molar-refractivity contribution in [3.63, 3.8) is 0 Å². The lowest BCUT2D eigenvalue weighted by Crippen LogP contribution is -2.12. The van der Waals surface area contributed by atoms with Crippen LogP contribution >= 0.6 is 11.8 Å². The van der Waals surface area contributed by atoms with E-state index in [2.05, 4.69) is 25.4 Å². The van der Waals surface area contributed by atoms with E-state index in [0.717, 1.165) is 4.90 Å². The first-order valence-electron chi connectivity index (χ1n) is 5.25. The Morgan fingerprint density at radius 1 is 1.28 bits per heavy atom. The zero-order valence-electron chi connectivity index (χ0n) is 9.70. The number of aromatic nitrogens is 4. The zero-order valence-corrected chi connectivity index (χ0v) is 10.5. The van der Waals surface area contributed by atoms with Crippen molar-refractivity contribution in [3.8, 4) is 6.01 Å². The highest BCUT2D eigenvalue weighted by molar-refractivity contribution is 7.99. The Morgan fingerprint density at radius 3 is 2.72 bits per heavy atom. The minimum Gasteiger partial charge on any atom is -0.464 e. The minimum atomic E-state index is 0.247. The van der Waals surface area contributed by atoms with Gasteiger partial charge in [0.1, 0.15) is 0 Å². The van der Waals surface area contributed by atoms with E-state index in [-0.39, 0.29) is 12.0 Å². The standard InChI is InChI=1S/C10H12N6OS/c1-2-17-9-13-8(16-11)14-10(15-9)18-7-3-5-12-6-4-7/h3-6H,2,11H2,1H3,(H,13,14,15,16). The van der Waals surface area contributed by atoms with Gasteiger partial charge in [0.15, 0.2) is 0 Å². The molecule has 7 nitrogen and oxygen atoms in total. The van der Waals surface area contributed by atoms with Gasteiger partial charge in [0.25, 0.3) is 0 Å². The van der Waals surface area contributed by atoms with Crippen molar-refractivity contribution in [2.75, 3.05) is 12.0 Å². The second kappa shape index (κ2) is 6.12. The van der Waals surface area contributed by atoms with E-state index in [0.29, 0.717) is 11.8 Å². The number of hydrazine groups is 1. The largest absolute Gasteiger partial charge is 0.464 e. The number of hydrogen-bond acceptors (Lipinski definition) is 8. The number of hydrogen-bond donors (Lipinski definition) is 2. The molecule has 0 saturated carbocycles. The Balaban J connectivity index is 2.24. The SMILES string of the molecule is CCOc1nc(NN)nc(Sc2ccncc2)n1. The molecule has 2 heterocycles. The van der Waals surface area contributed by atoms with Gasteiger partial charge in [-0.3, -0.25) is 10.4 Å². The smallest absolute Gasteiger partial charge is 0.322 e. The van der Waals surface area contributed by atoms with E-state index >= 15 is 0 Å². The summed E-state index contributed by atoms with van der Waals surface area (Å²) < 4.78 is 5.24. The number of nitrogen functional groups attached to an aromatic ring is 1. The second-order valence-corrected chi connectivity index (χ2v) is 4.13. The molecule has 0 atom stereocenters. The minimum absolute atomic E-state index is 0.247. The molecular weight excluding hydrogens is 252 g/mol. The van der Waals surface area contributed by atoms with Gasteiger partial charge in [0.2, 0.25) is 11.1 Å². The van der Waals surface area contributed by atoms with Crippen LogP contribution in [-0.4, -0.2) is 26.5 Å². The molecular formula is C10H12N6OS. The first-order valence-corrected chi connectivity index (χ1v) is 6.07. The lowest BCUT2D eigenvalue weighted by molar-refractivity contribution is 0.308. The molecule has 0 unspecified atom stereocenters. The highest BCUT2D eigenvalue weighted by Gasteiger charge is 2.07. The van der Waals surface area contributed by atoms with Crippen molar-refractivity contribution in [1.82, 2.24) is 19.9 Å². The van der Waals surface area contributed by atoms with E-state index in [1.807, 2.05) is 19.1 Å². The van der Waals surface area contributed by atoms with Crippen LogP contribution in [0.25, 0.3) is 0 Å². The quantitative estimate of drug-likeness (QED) is 0.612. The summed E-state index contributed by atoms with van der Waals surface area (Å²) in [6.45, 7) is 2.34. The van der Waals surface area contributed by atoms with Crippen LogP contribution in [0.4, 0.5) is 5.95 Å². The maximum Gasteiger partial charge on any atom is 0.322 e. The molecule has 94 valence electrons. The summed E-state index contributed by atoms with van der Waals surface area (Å²) in [6, 6.07) is 3.98. The van der Waals surface area contributed by atoms with Crippen LogP contribution in [0.2, 0.25) is 0 Å². The number of rotatable bonds is 5. The Morgan fingerprint density at radius 2 is 2.06 bits per heavy atom. The van der Waals surface area contributed by atoms with Crippen LogP contribution in [0, 0.1) is 0 Å². The Hall–Kier alpha value is -1.93. The molecule has 0 saturated heterocycles. The topological polar surface area (TPSA) is 98.8 Å². The summed E-state index contributed by atoms with van der Waals surface area (Å²) in [7, 11) is 0. The van der Waals surface area contributed by atoms with Crippen LogP contribution in [0.3, 0.4) is 0 Å². The maximum absolute atomic E-state index is 5.30. The second-order valence-electron chi connectivity index (χ2n) is 3.09. The van der Waals surface area contributed by atoms with Crippen molar-refractivity contribution in [3.05, 3.63) is 24.5 Å². The molecule has 0 fully saturated rings. The van der Waals surface area contributed by atoms with Gasteiger partial charge < -0.3 is 4.74 Å². The number of pyridine rings is 1. The molecule has 18 heavy (non-hydrogen) atoms. The molecule has 3 N–H and O–H groups in total. The number of nitrogens with one attached hydrogen (secondary N) is 1. The van der Waals surface area contributed by atoms with Gasteiger partial charge in [-0.15, -0.1) is 0 Å². The molecule has 0 aromatic carbocycles. The Bertz CT molecular complexity index is 509. The fourth-order valence-electron chi connectivity index (χ4n) is 1.15. The van der Waals surface area contributed by atoms with Gasteiger partial charge in [-0.2, -0.15) is 15.0 Å². The number of nitrogens with zero attached hydrogens (tertiary/aromatic N) is 4. The first kappa shape index (κ1) is 12.5.